The van der Waals surface area contributed by atoms with E-state index in [1.807, 2.05) is 24.5 Å². The third-order valence-electron chi connectivity index (χ3n) is 3.20. The lowest BCUT2D eigenvalue weighted by molar-refractivity contribution is 0.622. The molecule has 4 nitrogen and oxygen atoms in total. The van der Waals surface area contributed by atoms with Crippen molar-refractivity contribution in [1.82, 2.24) is 14.5 Å². The summed E-state index contributed by atoms with van der Waals surface area (Å²) in [5.74, 6) is 0.332. The number of hydrogen-bond acceptors (Lipinski definition) is 3. The van der Waals surface area contributed by atoms with E-state index in [4.69, 9.17) is 5.73 Å². The van der Waals surface area contributed by atoms with Crippen molar-refractivity contribution in [3.05, 3.63) is 42.3 Å². The largest absolute Gasteiger partial charge is 0.397 e. The van der Waals surface area contributed by atoms with Crippen LogP contribution in [0.3, 0.4) is 0 Å². The molecule has 0 fully saturated rings. The van der Waals surface area contributed by atoms with E-state index in [-0.39, 0.29) is 11.9 Å². The molecule has 0 atom stereocenters. The van der Waals surface area contributed by atoms with Crippen LogP contribution in [0.15, 0.2) is 36.5 Å². The van der Waals surface area contributed by atoms with Crippen LogP contribution in [0, 0.1) is 5.82 Å². The van der Waals surface area contributed by atoms with Gasteiger partial charge in [0, 0.05) is 6.04 Å². The highest BCUT2D eigenvalue weighted by Crippen LogP contribution is 2.28. The van der Waals surface area contributed by atoms with Crippen LogP contribution >= 0.6 is 0 Å². The summed E-state index contributed by atoms with van der Waals surface area (Å²) in [5, 5.41) is 0. The first-order valence-corrected chi connectivity index (χ1v) is 6.46. The number of anilines is 1. The lowest BCUT2D eigenvalue weighted by atomic mass is 10.2. The van der Waals surface area contributed by atoms with Gasteiger partial charge in [-0.3, -0.25) is 4.98 Å². The van der Waals surface area contributed by atoms with Gasteiger partial charge in [0.25, 0.3) is 0 Å². The first-order chi connectivity index (χ1) is 9.58. The number of rotatable bonds is 2. The van der Waals surface area contributed by atoms with Crippen molar-refractivity contribution in [2.24, 2.45) is 0 Å². The topological polar surface area (TPSA) is 56.7 Å². The van der Waals surface area contributed by atoms with E-state index in [1.165, 1.54) is 6.07 Å². The average Bonchev–Trinajstić information content (AvgIpc) is 2.80. The standard InChI is InChI=1S/C15H15FN4/c1-9(2)20-13-5-3-4-11(16)14(13)19-15(20)12-7-6-10(17)8-18-12/h3-9H,17H2,1-2H3. The molecule has 0 unspecified atom stereocenters. The van der Waals surface area contributed by atoms with Crippen LogP contribution in [0.4, 0.5) is 10.1 Å². The lowest BCUT2D eigenvalue weighted by Gasteiger charge is -2.12. The van der Waals surface area contributed by atoms with Crippen molar-refractivity contribution in [2.75, 3.05) is 5.73 Å². The smallest absolute Gasteiger partial charge is 0.160 e. The van der Waals surface area contributed by atoms with Gasteiger partial charge in [-0.2, -0.15) is 0 Å². The molecule has 102 valence electrons. The van der Waals surface area contributed by atoms with Gasteiger partial charge in [0.15, 0.2) is 11.6 Å². The summed E-state index contributed by atoms with van der Waals surface area (Å²) < 4.78 is 15.9. The van der Waals surface area contributed by atoms with Gasteiger partial charge in [0.1, 0.15) is 11.2 Å². The molecule has 0 amide bonds. The van der Waals surface area contributed by atoms with E-state index in [9.17, 15) is 4.39 Å². The number of benzene rings is 1. The normalized spacial score (nSPS) is 11.4. The average molecular weight is 270 g/mol. The van der Waals surface area contributed by atoms with Crippen LogP contribution in [-0.2, 0) is 0 Å². The van der Waals surface area contributed by atoms with E-state index >= 15 is 0 Å². The van der Waals surface area contributed by atoms with Gasteiger partial charge < -0.3 is 10.3 Å². The molecule has 2 N–H and O–H groups in total. The number of hydrogen-bond donors (Lipinski definition) is 1. The van der Waals surface area contributed by atoms with Gasteiger partial charge in [-0.1, -0.05) is 6.07 Å². The van der Waals surface area contributed by atoms with Gasteiger partial charge in [-0.25, -0.2) is 9.37 Å². The Bertz CT molecular complexity index is 759. The van der Waals surface area contributed by atoms with Crippen molar-refractivity contribution >= 4 is 16.7 Å². The Hall–Kier alpha value is -2.43. The molecule has 0 aliphatic rings. The fraction of sp³-hybridized carbons (Fsp3) is 0.200. The van der Waals surface area contributed by atoms with Gasteiger partial charge in [0.05, 0.1) is 17.4 Å². The number of aromatic nitrogens is 3. The van der Waals surface area contributed by atoms with Crippen molar-refractivity contribution in [3.8, 4) is 11.5 Å². The fourth-order valence-electron chi connectivity index (χ4n) is 2.32. The summed E-state index contributed by atoms with van der Waals surface area (Å²) in [6.45, 7) is 4.07. The second kappa shape index (κ2) is 4.59. The predicted octanol–water partition coefficient (Wildman–Crippen LogP) is 3.40. The number of para-hydroxylation sites is 1. The van der Waals surface area contributed by atoms with E-state index < -0.39 is 0 Å². The summed E-state index contributed by atoms with van der Waals surface area (Å²) in [4.78, 5) is 8.70. The zero-order valence-corrected chi connectivity index (χ0v) is 11.3. The minimum Gasteiger partial charge on any atom is -0.397 e. The molecule has 20 heavy (non-hydrogen) atoms. The molecule has 0 saturated heterocycles. The van der Waals surface area contributed by atoms with E-state index in [0.717, 1.165) is 5.52 Å². The quantitative estimate of drug-likeness (QED) is 0.776. The van der Waals surface area contributed by atoms with Crippen molar-refractivity contribution in [1.29, 1.82) is 0 Å². The van der Waals surface area contributed by atoms with Crippen molar-refractivity contribution < 1.29 is 4.39 Å². The van der Waals surface area contributed by atoms with E-state index in [0.29, 0.717) is 22.7 Å². The number of fused-ring (bicyclic) bond motifs is 1. The monoisotopic (exact) mass is 270 g/mol. The maximum absolute atomic E-state index is 13.9. The minimum absolute atomic E-state index is 0.149. The molecule has 0 aliphatic heterocycles. The summed E-state index contributed by atoms with van der Waals surface area (Å²) in [6, 6.07) is 8.69. The van der Waals surface area contributed by atoms with Crippen LogP contribution in [0.2, 0.25) is 0 Å². The molecule has 3 rings (SSSR count). The molecule has 1 aromatic carbocycles. The Labute approximate surface area is 116 Å². The third kappa shape index (κ3) is 1.91. The van der Waals surface area contributed by atoms with Crippen LogP contribution in [0.25, 0.3) is 22.6 Å². The third-order valence-corrected chi connectivity index (χ3v) is 3.20. The molecule has 2 aromatic heterocycles. The van der Waals surface area contributed by atoms with Crippen LogP contribution < -0.4 is 5.73 Å². The van der Waals surface area contributed by atoms with Gasteiger partial charge >= 0.3 is 0 Å². The zero-order chi connectivity index (χ0) is 14.3. The lowest BCUT2D eigenvalue weighted by Crippen LogP contribution is -2.04. The number of nitrogens with two attached hydrogens (primary N) is 1. The molecule has 0 spiro atoms. The first kappa shape index (κ1) is 12.6. The van der Waals surface area contributed by atoms with Crippen molar-refractivity contribution in [3.63, 3.8) is 0 Å². The fourth-order valence-corrected chi connectivity index (χ4v) is 2.32. The highest BCUT2D eigenvalue weighted by molar-refractivity contribution is 5.80. The first-order valence-electron chi connectivity index (χ1n) is 6.46. The molecular formula is C15H15FN4. The Balaban J connectivity index is 2.32. The second-order valence-corrected chi connectivity index (χ2v) is 4.98. The molecule has 5 heteroatoms. The minimum atomic E-state index is -0.321. The summed E-state index contributed by atoms with van der Waals surface area (Å²) in [5.41, 5.74) is 8.07. The molecule has 0 radical (unpaired) electrons. The molecule has 0 aliphatic carbocycles. The summed E-state index contributed by atoms with van der Waals surface area (Å²) in [7, 11) is 0. The number of halogens is 1. The number of nitrogen functional groups attached to an aromatic ring is 1. The van der Waals surface area contributed by atoms with E-state index in [1.54, 1.807) is 24.4 Å². The van der Waals surface area contributed by atoms with E-state index in [2.05, 4.69) is 9.97 Å². The van der Waals surface area contributed by atoms with Gasteiger partial charge in [0.2, 0.25) is 0 Å². The highest BCUT2D eigenvalue weighted by atomic mass is 19.1. The maximum atomic E-state index is 13.9. The van der Waals surface area contributed by atoms with Crippen molar-refractivity contribution in [2.45, 2.75) is 19.9 Å². The molecule has 0 saturated carbocycles. The number of imidazole rings is 1. The van der Waals surface area contributed by atoms with Gasteiger partial charge in [-0.15, -0.1) is 0 Å². The Kier molecular flexibility index (Phi) is 2.89. The van der Waals surface area contributed by atoms with Crippen LogP contribution in [0.5, 0.6) is 0 Å². The Morgan fingerprint density at radius 1 is 1.20 bits per heavy atom. The molecule has 3 aromatic rings. The molecule has 2 heterocycles. The Morgan fingerprint density at radius 3 is 2.65 bits per heavy atom. The highest BCUT2D eigenvalue weighted by Gasteiger charge is 2.17. The number of pyridine rings is 1. The van der Waals surface area contributed by atoms with Crippen LogP contribution in [-0.4, -0.2) is 14.5 Å². The maximum Gasteiger partial charge on any atom is 0.160 e. The van der Waals surface area contributed by atoms with Crippen LogP contribution in [0.1, 0.15) is 19.9 Å². The second-order valence-electron chi connectivity index (χ2n) is 4.98. The summed E-state index contributed by atoms with van der Waals surface area (Å²) >= 11 is 0. The zero-order valence-electron chi connectivity index (χ0n) is 11.3. The Morgan fingerprint density at radius 2 is 2.00 bits per heavy atom. The SMILES string of the molecule is CC(C)n1c(-c2ccc(N)cn2)nc2c(F)cccc21. The molecular weight excluding hydrogens is 255 g/mol. The number of nitrogens with zero attached hydrogens (tertiary/aromatic N) is 3. The molecule has 0 bridgehead atoms. The predicted molar refractivity (Wildman–Crippen MR) is 77.7 cm³/mol. The van der Waals surface area contributed by atoms with Gasteiger partial charge in [-0.05, 0) is 38.1 Å². The summed E-state index contributed by atoms with van der Waals surface area (Å²) in [6.07, 6.45) is 1.58.